The van der Waals surface area contributed by atoms with Crippen LogP contribution in [0.1, 0.15) is 0 Å². The Morgan fingerprint density at radius 3 is 2.75 bits per heavy atom. The number of nitrogen functional groups attached to an aromatic ring is 1. The van der Waals surface area contributed by atoms with E-state index in [0.29, 0.717) is 5.56 Å². The minimum atomic E-state index is -0.570. The van der Waals surface area contributed by atoms with Crippen LogP contribution in [0.3, 0.4) is 0 Å². The highest BCUT2D eigenvalue weighted by Crippen LogP contribution is 2.34. The number of nitrogens with two attached hydrogens (primary N) is 1. The van der Waals surface area contributed by atoms with Crippen LogP contribution in [0, 0.1) is 10.1 Å². The highest BCUT2D eigenvalue weighted by Gasteiger charge is 2.23. The summed E-state index contributed by atoms with van der Waals surface area (Å²) in [6, 6.07) is 8.95. The molecule has 0 aliphatic heterocycles. The molecule has 0 atom stereocenters. The maximum Gasteiger partial charge on any atom is 0.337 e. The van der Waals surface area contributed by atoms with E-state index >= 15 is 0 Å². The molecule has 0 saturated heterocycles. The Hall–Kier alpha value is -3.09. The molecule has 2 N–H and O–H groups in total. The van der Waals surface area contributed by atoms with Gasteiger partial charge in [0.25, 0.3) is 0 Å². The van der Waals surface area contributed by atoms with Gasteiger partial charge in [0, 0.05) is 17.1 Å². The summed E-state index contributed by atoms with van der Waals surface area (Å²) in [7, 11) is 0. The third-order valence-electron chi connectivity index (χ3n) is 2.93. The van der Waals surface area contributed by atoms with E-state index in [4.69, 9.17) is 5.73 Å². The van der Waals surface area contributed by atoms with Gasteiger partial charge in [-0.15, -0.1) is 0 Å². The van der Waals surface area contributed by atoms with Gasteiger partial charge in [0.05, 0.1) is 10.4 Å². The fourth-order valence-corrected chi connectivity index (χ4v) is 2.08. The van der Waals surface area contributed by atoms with E-state index in [0.717, 1.165) is 10.9 Å². The van der Waals surface area contributed by atoms with Gasteiger partial charge in [0.1, 0.15) is 6.33 Å². The maximum atomic E-state index is 11.2. The summed E-state index contributed by atoms with van der Waals surface area (Å²) in [5, 5.41) is 12.0. The zero-order chi connectivity index (χ0) is 14.1. The van der Waals surface area contributed by atoms with Crippen LogP contribution in [0.4, 0.5) is 11.5 Å². The first-order chi connectivity index (χ1) is 9.68. The quantitative estimate of drug-likeness (QED) is 0.563. The smallest absolute Gasteiger partial charge is 0.337 e. The Bertz CT molecular complexity index is 813. The zero-order valence-electron chi connectivity index (χ0n) is 10.2. The van der Waals surface area contributed by atoms with Crippen LogP contribution in [0.25, 0.3) is 22.2 Å². The monoisotopic (exact) mass is 267 g/mol. The molecule has 0 unspecified atom stereocenters. The van der Waals surface area contributed by atoms with Gasteiger partial charge in [0.2, 0.25) is 5.82 Å². The first kappa shape index (κ1) is 12.0. The minimum Gasteiger partial charge on any atom is -0.378 e. The molecule has 2 aromatic heterocycles. The molecule has 1 aromatic carbocycles. The average Bonchev–Trinajstić information content (AvgIpc) is 2.46. The van der Waals surface area contributed by atoms with Gasteiger partial charge in [-0.3, -0.25) is 15.1 Å². The van der Waals surface area contributed by atoms with E-state index < -0.39 is 4.92 Å². The van der Waals surface area contributed by atoms with Crippen molar-refractivity contribution in [3.63, 3.8) is 0 Å². The first-order valence-electron chi connectivity index (χ1n) is 5.77. The lowest BCUT2D eigenvalue weighted by atomic mass is 10.0. The number of hydrogen-bond acceptors (Lipinski definition) is 6. The van der Waals surface area contributed by atoms with Gasteiger partial charge < -0.3 is 5.73 Å². The number of benzene rings is 1. The number of nitrogens with zero attached hydrogens (tertiary/aromatic N) is 4. The highest BCUT2D eigenvalue weighted by atomic mass is 16.6. The molecule has 7 heteroatoms. The molecule has 0 amide bonds. The van der Waals surface area contributed by atoms with Crippen LogP contribution in [0.5, 0.6) is 0 Å². The van der Waals surface area contributed by atoms with Crippen molar-refractivity contribution in [1.29, 1.82) is 0 Å². The van der Waals surface area contributed by atoms with Gasteiger partial charge in [-0.2, -0.15) is 0 Å². The van der Waals surface area contributed by atoms with E-state index in [2.05, 4.69) is 15.0 Å². The first-order valence-corrected chi connectivity index (χ1v) is 5.77. The van der Waals surface area contributed by atoms with Crippen molar-refractivity contribution in [3.05, 3.63) is 53.0 Å². The number of pyridine rings is 1. The van der Waals surface area contributed by atoms with Crippen LogP contribution in [0.15, 0.2) is 42.9 Å². The number of aromatic nitrogens is 3. The molecule has 0 bridgehead atoms. The highest BCUT2D eigenvalue weighted by molar-refractivity contribution is 5.96. The molecule has 0 saturated carbocycles. The molecule has 3 aromatic rings. The van der Waals surface area contributed by atoms with Gasteiger partial charge in [-0.25, -0.2) is 9.97 Å². The van der Waals surface area contributed by atoms with Gasteiger partial charge in [-0.1, -0.05) is 18.2 Å². The zero-order valence-corrected chi connectivity index (χ0v) is 10.2. The summed E-state index contributed by atoms with van der Waals surface area (Å²) in [6.07, 6.45) is 2.88. The van der Waals surface area contributed by atoms with E-state index in [9.17, 15) is 10.1 Å². The summed E-state index contributed by atoms with van der Waals surface area (Å²) in [6.45, 7) is 0. The summed E-state index contributed by atoms with van der Waals surface area (Å²) < 4.78 is 0. The summed E-state index contributed by atoms with van der Waals surface area (Å²) in [5.41, 5.74) is 6.84. The summed E-state index contributed by atoms with van der Waals surface area (Å²) in [4.78, 5) is 22.5. The van der Waals surface area contributed by atoms with E-state index in [1.165, 1.54) is 6.33 Å². The lowest BCUT2D eigenvalue weighted by Gasteiger charge is -2.06. The normalized spacial score (nSPS) is 10.6. The second kappa shape index (κ2) is 4.54. The van der Waals surface area contributed by atoms with Crippen molar-refractivity contribution in [2.45, 2.75) is 0 Å². The number of nitro groups is 1. The molecule has 0 spiro atoms. The predicted molar refractivity (Wildman–Crippen MR) is 73.8 cm³/mol. The molecule has 0 fully saturated rings. The second-order valence-corrected chi connectivity index (χ2v) is 4.09. The van der Waals surface area contributed by atoms with Gasteiger partial charge >= 0.3 is 5.69 Å². The number of hydrogen-bond donors (Lipinski definition) is 1. The van der Waals surface area contributed by atoms with Crippen molar-refractivity contribution in [1.82, 2.24) is 15.0 Å². The van der Waals surface area contributed by atoms with Crippen molar-refractivity contribution in [2.75, 3.05) is 5.73 Å². The fourth-order valence-electron chi connectivity index (χ4n) is 2.08. The largest absolute Gasteiger partial charge is 0.378 e. The number of rotatable bonds is 2. The third kappa shape index (κ3) is 1.81. The maximum absolute atomic E-state index is 11.2. The Labute approximate surface area is 113 Å². The lowest BCUT2D eigenvalue weighted by Crippen LogP contribution is -2.02. The topological polar surface area (TPSA) is 108 Å². The Morgan fingerprint density at radius 1 is 1.10 bits per heavy atom. The van der Waals surface area contributed by atoms with E-state index in [1.54, 1.807) is 24.4 Å². The van der Waals surface area contributed by atoms with Crippen LogP contribution in [0.2, 0.25) is 0 Å². The molecule has 0 radical (unpaired) electrons. The average molecular weight is 267 g/mol. The lowest BCUT2D eigenvalue weighted by molar-refractivity contribution is -0.383. The Balaban J connectivity index is 2.37. The van der Waals surface area contributed by atoms with Crippen LogP contribution < -0.4 is 5.73 Å². The molecule has 3 rings (SSSR count). The van der Waals surface area contributed by atoms with Crippen LogP contribution >= 0.6 is 0 Å². The van der Waals surface area contributed by atoms with Crippen molar-refractivity contribution < 1.29 is 4.92 Å². The van der Waals surface area contributed by atoms with Crippen molar-refractivity contribution in [2.24, 2.45) is 0 Å². The molecule has 0 aliphatic rings. The van der Waals surface area contributed by atoms with E-state index in [-0.39, 0.29) is 17.2 Å². The molecule has 0 aliphatic carbocycles. The number of fused-ring (bicyclic) bond motifs is 1. The van der Waals surface area contributed by atoms with Crippen molar-refractivity contribution in [3.8, 4) is 11.3 Å². The predicted octanol–water partition coefficient (Wildman–Crippen LogP) is 2.18. The fraction of sp³-hybridized carbons (Fsp3) is 0. The molecular formula is C13H9N5O2. The molecule has 7 nitrogen and oxygen atoms in total. The van der Waals surface area contributed by atoms with Crippen LogP contribution in [-0.2, 0) is 0 Å². The van der Waals surface area contributed by atoms with Gasteiger partial charge in [-0.05, 0) is 12.1 Å². The standard InChI is InChI=1S/C13H9N5O2/c14-13-12(18(19)20)11(16-7-17-13)9-3-1-5-10-8(9)4-2-6-15-10/h1-7H,(H2,14,16,17). The second-order valence-electron chi connectivity index (χ2n) is 4.09. The summed E-state index contributed by atoms with van der Waals surface area (Å²) >= 11 is 0. The van der Waals surface area contributed by atoms with Gasteiger partial charge in [0.15, 0.2) is 5.69 Å². The Morgan fingerprint density at radius 2 is 1.95 bits per heavy atom. The van der Waals surface area contributed by atoms with E-state index in [1.807, 2.05) is 12.1 Å². The van der Waals surface area contributed by atoms with Crippen LogP contribution in [-0.4, -0.2) is 19.9 Å². The van der Waals surface area contributed by atoms with Crippen molar-refractivity contribution >= 4 is 22.4 Å². The molecule has 20 heavy (non-hydrogen) atoms. The third-order valence-corrected chi connectivity index (χ3v) is 2.93. The summed E-state index contributed by atoms with van der Waals surface area (Å²) in [5.74, 6) is -0.152. The minimum absolute atomic E-state index is 0.152. The number of anilines is 1. The molecular weight excluding hydrogens is 258 g/mol. The SMILES string of the molecule is Nc1ncnc(-c2cccc3ncccc23)c1[N+](=O)[O-]. The Kier molecular flexibility index (Phi) is 2.72. The molecule has 98 valence electrons. The molecule has 2 heterocycles.